The molecule has 2 aromatic heterocycles. The lowest BCUT2D eigenvalue weighted by Gasteiger charge is -2.32. The molecule has 1 aliphatic rings. The van der Waals surface area contributed by atoms with E-state index in [2.05, 4.69) is 42.8 Å². The number of aromatic amines is 1. The summed E-state index contributed by atoms with van der Waals surface area (Å²) in [6, 6.07) is 16.4. The molecule has 0 saturated carbocycles. The van der Waals surface area contributed by atoms with Crippen LogP contribution in [0.3, 0.4) is 0 Å². The first kappa shape index (κ1) is 30.3. The molecule has 0 atom stereocenters. The molecule has 1 amide bonds. The summed E-state index contributed by atoms with van der Waals surface area (Å²) in [4.78, 5) is 30.0. The number of benzene rings is 2. The third-order valence-corrected chi connectivity index (χ3v) is 8.80. The Hall–Kier alpha value is -4.20. The van der Waals surface area contributed by atoms with Gasteiger partial charge in [0.1, 0.15) is 11.5 Å². The standard InChI is InChI=1S/C30H39N9O3S/c1-37-16-18-39(19-17-37)15-7-13-32-29(40)22-9-6-10-24(20-22)34-30-35-27-25(12-14-31-27)28(36-30)33-21-23-8-4-5-11-26(23)38(2)43(3,41)42/h4-6,8-12,14,20H,7,13,15-19,21H2,1-3H3,(H,32,40)(H3,31,33,34,35,36). The number of piperazine rings is 1. The number of carbonyl (C=O) groups is 1. The van der Waals surface area contributed by atoms with Crippen LogP contribution in [0.25, 0.3) is 11.0 Å². The fourth-order valence-corrected chi connectivity index (χ4v) is 5.54. The van der Waals surface area contributed by atoms with Crippen LogP contribution in [0, 0.1) is 0 Å². The lowest BCUT2D eigenvalue weighted by molar-refractivity contribution is 0.0949. The molecule has 5 rings (SSSR count). The summed E-state index contributed by atoms with van der Waals surface area (Å²) in [5, 5.41) is 10.4. The molecule has 0 bridgehead atoms. The molecule has 4 N–H and O–H groups in total. The highest BCUT2D eigenvalue weighted by molar-refractivity contribution is 7.92. The number of anilines is 4. The zero-order valence-corrected chi connectivity index (χ0v) is 25.6. The second kappa shape index (κ2) is 13.4. The maximum Gasteiger partial charge on any atom is 0.251 e. The van der Waals surface area contributed by atoms with Crippen molar-refractivity contribution in [1.29, 1.82) is 0 Å². The van der Waals surface area contributed by atoms with Crippen molar-refractivity contribution in [2.45, 2.75) is 13.0 Å². The van der Waals surface area contributed by atoms with Gasteiger partial charge in [-0.1, -0.05) is 24.3 Å². The Kier molecular flexibility index (Phi) is 9.43. The topological polar surface area (TPSA) is 139 Å². The van der Waals surface area contributed by atoms with E-state index >= 15 is 0 Å². The highest BCUT2D eigenvalue weighted by Crippen LogP contribution is 2.26. The Morgan fingerprint density at radius 1 is 1.05 bits per heavy atom. The molecule has 12 nitrogen and oxygen atoms in total. The fraction of sp³-hybridized carbons (Fsp3) is 0.367. The summed E-state index contributed by atoms with van der Waals surface area (Å²) in [5.74, 6) is 0.811. The van der Waals surface area contributed by atoms with E-state index in [9.17, 15) is 13.2 Å². The largest absolute Gasteiger partial charge is 0.365 e. The first-order valence-corrected chi connectivity index (χ1v) is 16.2. The Labute approximate surface area is 252 Å². The van der Waals surface area contributed by atoms with Crippen molar-refractivity contribution < 1.29 is 13.2 Å². The lowest BCUT2D eigenvalue weighted by Crippen LogP contribution is -2.45. The average molecular weight is 606 g/mol. The van der Waals surface area contributed by atoms with Crippen LogP contribution in [0.5, 0.6) is 0 Å². The summed E-state index contributed by atoms with van der Waals surface area (Å²) in [6.45, 7) is 6.25. The molecule has 43 heavy (non-hydrogen) atoms. The fourth-order valence-electron chi connectivity index (χ4n) is 5.00. The number of fused-ring (bicyclic) bond motifs is 1. The number of carbonyl (C=O) groups excluding carboxylic acids is 1. The normalized spacial score (nSPS) is 14.5. The van der Waals surface area contributed by atoms with E-state index in [0.717, 1.165) is 50.1 Å². The van der Waals surface area contributed by atoms with Gasteiger partial charge in [-0.25, -0.2) is 8.42 Å². The molecule has 3 heterocycles. The Bertz CT molecular complexity index is 1670. The second-order valence-electron chi connectivity index (χ2n) is 10.8. The van der Waals surface area contributed by atoms with Crippen LogP contribution in [0.4, 0.5) is 23.1 Å². The minimum atomic E-state index is -3.42. The van der Waals surface area contributed by atoms with Gasteiger partial charge < -0.3 is 30.7 Å². The smallest absolute Gasteiger partial charge is 0.251 e. The van der Waals surface area contributed by atoms with Gasteiger partial charge in [0.05, 0.1) is 17.3 Å². The van der Waals surface area contributed by atoms with Gasteiger partial charge in [0.15, 0.2) is 0 Å². The maximum atomic E-state index is 12.8. The number of nitrogens with one attached hydrogen (secondary N) is 4. The van der Waals surface area contributed by atoms with Crippen molar-refractivity contribution in [3.05, 3.63) is 71.9 Å². The van der Waals surface area contributed by atoms with Crippen LogP contribution in [-0.4, -0.2) is 98.7 Å². The lowest BCUT2D eigenvalue weighted by atomic mass is 10.1. The number of H-pyrrole nitrogens is 1. The van der Waals surface area contributed by atoms with Crippen LogP contribution in [0.15, 0.2) is 60.8 Å². The second-order valence-corrected chi connectivity index (χ2v) is 12.8. The van der Waals surface area contributed by atoms with E-state index in [4.69, 9.17) is 4.98 Å². The van der Waals surface area contributed by atoms with Gasteiger partial charge in [-0.3, -0.25) is 9.10 Å². The van der Waals surface area contributed by atoms with Crippen LogP contribution < -0.4 is 20.3 Å². The number of hydrogen-bond donors (Lipinski definition) is 4. The maximum absolute atomic E-state index is 12.8. The van der Waals surface area contributed by atoms with E-state index < -0.39 is 10.0 Å². The minimum absolute atomic E-state index is 0.122. The highest BCUT2D eigenvalue weighted by Gasteiger charge is 2.17. The third kappa shape index (κ3) is 7.80. The Morgan fingerprint density at radius 2 is 1.84 bits per heavy atom. The predicted molar refractivity (Wildman–Crippen MR) is 172 cm³/mol. The van der Waals surface area contributed by atoms with Crippen LogP contribution >= 0.6 is 0 Å². The van der Waals surface area contributed by atoms with E-state index in [1.54, 1.807) is 30.5 Å². The first-order valence-electron chi connectivity index (χ1n) is 14.3. The van der Waals surface area contributed by atoms with E-state index in [1.165, 1.54) is 17.6 Å². The molecule has 0 aliphatic carbocycles. The van der Waals surface area contributed by atoms with Gasteiger partial charge in [-0.05, 0) is 55.9 Å². The van der Waals surface area contributed by atoms with Crippen molar-refractivity contribution in [3.8, 4) is 0 Å². The van der Waals surface area contributed by atoms with Crippen LogP contribution in [-0.2, 0) is 16.6 Å². The molecule has 1 saturated heterocycles. The Balaban J connectivity index is 1.23. The number of para-hydroxylation sites is 1. The molecule has 228 valence electrons. The predicted octanol–water partition coefficient (Wildman–Crippen LogP) is 3.08. The number of amides is 1. The number of rotatable bonds is 12. The number of hydrogen-bond acceptors (Lipinski definition) is 9. The molecule has 0 unspecified atom stereocenters. The van der Waals surface area contributed by atoms with Gasteiger partial charge in [-0.15, -0.1) is 0 Å². The SMILES string of the molecule is CN1CCN(CCCNC(=O)c2cccc(Nc3nc(NCc4ccccc4N(C)S(C)(=O)=O)c4cc[nH]c4n3)c2)CC1. The summed E-state index contributed by atoms with van der Waals surface area (Å²) >= 11 is 0. The van der Waals surface area contributed by atoms with Gasteiger partial charge in [0.2, 0.25) is 16.0 Å². The number of aromatic nitrogens is 3. The molecule has 0 radical (unpaired) electrons. The number of nitrogens with zero attached hydrogens (tertiary/aromatic N) is 5. The molecule has 2 aromatic carbocycles. The van der Waals surface area contributed by atoms with Crippen molar-refractivity contribution in [3.63, 3.8) is 0 Å². The van der Waals surface area contributed by atoms with Gasteiger partial charge in [-0.2, -0.15) is 9.97 Å². The van der Waals surface area contributed by atoms with Gasteiger partial charge in [0.25, 0.3) is 5.91 Å². The molecule has 4 aromatic rings. The quantitative estimate of drug-likeness (QED) is 0.180. The minimum Gasteiger partial charge on any atom is -0.365 e. The van der Waals surface area contributed by atoms with Gasteiger partial charge >= 0.3 is 0 Å². The zero-order valence-electron chi connectivity index (χ0n) is 24.8. The van der Waals surface area contributed by atoms with Crippen molar-refractivity contribution in [1.82, 2.24) is 30.1 Å². The molecular formula is C30H39N9O3S. The summed E-state index contributed by atoms with van der Waals surface area (Å²) in [5.41, 5.74) is 3.26. The average Bonchev–Trinajstić information content (AvgIpc) is 3.47. The molecule has 1 fully saturated rings. The molecular weight excluding hydrogens is 566 g/mol. The molecule has 13 heteroatoms. The van der Waals surface area contributed by atoms with E-state index in [0.29, 0.717) is 47.4 Å². The Morgan fingerprint density at radius 3 is 2.63 bits per heavy atom. The first-order chi connectivity index (χ1) is 20.7. The molecule has 0 spiro atoms. The van der Waals surface area contributed by atoms with Crippen LogP contribution in [0.1, 0.15) is 22.3 Å². The summed E-state index contributed by atoms with van der Waals surface area (Å²) in [7, 11) is 0.263. The van der Waals surface area contributed by atoms with Gasteiger partial charge in [0, 0.05) is 63.8 Å². The van der Waals surface area contributed by atoms with E-state index in [-0.39, 0.29) is 5.91 Å². The highest BCUT2D eigenvalue weighted by atomic mass is 32.2. The zero-order chi connectivity index (χ0) is 30.4. The van der Waals surface area contributed by atoms with Crippen molar-refractivity contribution >= 4 is 50.1 Å². The number of likely N-dealkylation sites (N-methyl/N-ethyl adjacent to an activating group) is 1. The van der Waals surface area contributed by atoms with Crippen molar-refractivity contribution in [2.75, 3.05) is 74.6 Å². The third-order valence-electron chi connectivity index (χ3n) is 7.60. The molecule has 1 aliphatic heterocycles. The monoisotopic (exact) mass is 605 g/mol. The number of sulfonamides is 1. The van der Waals surface area contributed by atoms with Crippen LogP contribution in [0.2, 0.25) is 0 Å². The van der Waals surface area contributed by atoms with Crippen molar-refractivity contribution in [2.24, 2.45) is 0 Å². The summed E-state index contributed by atoms with van der Waals surface area (Å²) < 4.78 is 25.6. The van der Waals surface area contributed by atoms with E-state index in [1.807, 2.05) is 30.3 Å². The summed E-state index contributed by atoms with van der Waals surface area (Å²) in [6.07, 6.45) is 3.87.